The molecular formula is C15H34O4. The summed E-state index contributed by atoms with van der Waals surface area (Å²) in [7, 11) is 0. The predicted molar refractivity (Wildman–Crippen MR) is 79.3 cm³/mol. The maximum Gasteiger partial charge on any atom is 0.100 e. The molecule has 0 saturated carbocycles. The number of rotatable bonds is 12. The van der Waals surface area contributed by atoms with E-state index in [4.69, 9.17) is 20.1 Å². The summed E-state index contributed by atoms with van der Waals surface area (Å²) in [5, 5.41) is 25.1. The molecule has 0 aliphatic rings. The molecule has 0 rings (SSSR count). The van der Waals surface area contributed by atoms with Crippen LogP contribution in [0.5, 0.6) is 0 Å². The highest BCUT2D eigenvalue weighted by atomic mass is 16.5. The van der Waals surface area contributed by atoms with Crippen molar-refractivity contribution in [3.8, 4) is 0 Å². The van der Waals surface area contributed by atoms with Crippen LogP contribution >= 0.6 is 0 Å². The normalized spacial score (nSPS) is 11.8. The minimum Gasteiger partial charge on any atom is -0.397 e. The minimum absolute atomic E-state index is 0.211. The van der Waals surface area contributed by atoms with Crippen molar-refractivity contribution in [3.63, 3.8) is 0 Å². The van der Waals surface area contributed by atoms with Crippen molar-refractivity contribution in [2.24, 2.45) is 0 Å². The van der Waals surface area contributed by atoms with Gasteiger partial charge in [0.15, 0.2) is 0 Å². The molecule has 0 fully saturated rings. The molecule has 19 heavy (non-hydrogen) atoms. The average Bonchev–Trinajstić information content (AvgIpc) is 2.41. The van der Waals surface area contributed by atoms with Crippen molar-refractivity contribution in [2.75, 3.05) is 26.4 Å². The minimum atomic E-state index is -0.714. The highest BCUT2D eigenvalue weighted by Gasteiger charge is 2.00. The van der Waals surface area contributed by atoms with E-state index in [2.05, 4.69) is 6.92 Å². The molecule has 0 aliphatic carbocycles. The third kappa shape index (κ3) is 23.4. The summed E-state index contributed by atoms with van der Waals surface area (Å²) >= 11 is 0. The summed E-state index contributed by atoms with van der Waals surface area (Å²) in [4.78, 5) is 0. The van der Waals surface area contributed by atoms with E-state index in [1.807, 2.05) is 0 Å². The topological polar surface area (TPSA) is 69.9 Å². The van der Waals surface area contributed by atoms with Crippen LogP contribution in [0.2, 0.25) is 0 Å². The smallest absolute Gasteiger partial charge is 0.100 e. The first-order valence-electron chi connectivity index (χ1n) is 7.70. The van der Waals surface area contributed by atoms with Gasteiger partial charge in [-0.05, 0) is 13.3 Å². The highest BCUT2D eigenvalue weighted by molar-refractivity contribution is 4.49. The monoisotopic (exact) mass is 278 g/mol. The van der Waals surface area contributed by atoms with Gasteiger partial charge < -0.3 is 20.1 Å². The Labute approximate surface area is 118 Å². The van der Waals surface area contributed by atoms with Crippen molar-refractivity contribution in [1.82, 2.24) is 0 Å². The van der Waals surface area contributed by atoms with Gasteiger partial charge in [-0.2, -0.15) is 0 Å². The molecule has 0 aromatic rings. The van der Waals surface area contributed by atoms with Crippen LogP contribution in [-0.4, -0.2) is 47.9 Å². The molecule has 0 heterocycles. The van der Waals surface area contributed by atoms with Gasteiger partial charge in [-0.3, -0.25) is 0 Å². The van der Waals surface area contributed by atoms with E-state index in [0.29, 0.717) is 6.61 Å². The molecule has 3 N–H and O–H groups in total. The van der Waals surface area contributed by atoms with Gasteiger partial charge in [-0.1, -0.05) is 51.9 Å². The maximum absolute atomic E-state index is 9.01. The van der Waals surface area contributed by atoms with Crippen LogP contribution in [0.1, 0.15) is 65.2 Å². The Morgan fingerprint density at radius 1 is 0.842 bits per heavy atom. The summed E-state index contributed by atoms with van der Waals surface area (Å²) < 4.78 is 5.22. The lowest BCUT2D eigenvalue weighted by atomic mass is 10.1. The molecule has 0 aliphatic heterocycles. The Kier molecular flexibility index (Phi) is 22.4. The number of hydrogen-bond acceptors (Lipinski definition) is 4. The molecule has 4 heteroatoms. The van der Waals surface area contributed by atoms with Crippen LogP contribution < -0.4 is 0 Å². The lowest BCUT2D eigenvalue weighted by molar-refractivity contribution is 0.00526. The number of hydrogen-bond donors (Lipinski definition) is 3. The van der Waals surface area contributed by atoms with Crippen molar-refractivity contribution in [1.29, 1.82) is 0 Å². The molecule has 0 amide bonds. The molecule has 4 nitrogen and oxygen atoms in total. The Bertz CT molecular complexity index is 142. The average molecular weight is 278 g/mol. The molecule has 0 radical (unpaired) electrons. The van der Waals surface area contributed by atoms with Crippen LogP contribution in [0.15, 0.2) is 0 Å². The number of unbranched alkanes of at least 4 members (excludes halogenated alkanes) is 7. The van der Waals surface area contributed by atoms with Gasteiger partial charge in [0.2, 0.25) is 0 Å². The molecule has 0 aromatic heterocycles. The number of ether oxygens (including phenoxy) is 1. The van der Waals surface area contributed by atoms with E-state index in [9.17, 15) is 0 Å². The zero-order valence-corrected chi connectivity index (χ0v) is 12.8. The fourth-order valence-corrected chi connectivity index (χ4v) is 1.61. The van der Waals surface area contributed by atoms with E-state index in [1.165, 1.54) is 44.9 Å². The van der Waals surface area contributed by atoms with Gasteiger partial charge in [0, 0.05) is 13.2 Å². The first-order chi connectivity index (χ1) is 9.22. The molecular weight excluding hydrogens is 244 g/mol. The fourth-order valence-electron chi connectivity index (χ4n) is 1.61. The zero-order chi connectivity index (χ0) is 14.8. The summed E-state index contributed by atoms with van der Waals surface area (Å²) in [6, 6.07) is 0. The number of aliphatic hydroxyl groups is 3. The molecule has 0 spiro atoms. The summed E-state index contributed by atoms with van der Waals surface area (Å²) in [5.74, 6) is 0. The molecule has 118 valence electrons. The second-order valence-corrected chi connectivity index (χ2v) is 4.70. The van der Waals surface area contributed by atoms with E-state index in [0.717, 1.165) is 6.42 Å². The number of aliphatic hydroxyl groups excluding tert-OH is 3. The molecule has 1 atom stereocenters. The van der Waals surface area contributed by atoms with Gasteiger partial charge in [0.1, 0.15) is 6.10 Å². The second kappa shape index (κ2) is 20.2. The zero-order valence-electron chi connectivity index (χ0n) is 12.8. The summed E-state index contributed by atoms with van der Waals surface area (Å²) in [6.07, 6.45) is 9.58. The van der Waals surface area contributed by atoms with Gasteiger partial charge in [-0.15, -0.1) is 0 Å². The van der Waals surface area contributed by atoms with Gasteiger partial charge in [0.25, 0.3) is 0 Å². The second-order valence-electron chi connectivity index (χ2n) is 4.70. The van der Waals surface area contributed by atoms with E-state index in [1.54, 1.807) is 6.92 Å². The fraction of sp³-hybridized carbons (Fsp3) is 1.00. The Morgan fingerprint density at radius 3 is 1.79 bits per heavy atom. The SMILES string of the molecule is CCCCCCCCCCOCC(O)CO.CCO. The van der Waals surface area contributed by atoms with Crippen molar-refractivity contribution in [3.05, 3.63) is 0 Å². The Balaban J connectivity index is 0. The Morgan fingerprint density at radius 2 is 1.32 bits per heavy atom. The van der Waals surface area contributed by atoms with Crippen LogP contribution in [-0.2, 0) is 4.74 Å². The van der Waals surface area contributed by atoms with E-state index in [-0.39, 0.29) is 19.8 Å². The first kappa shape index (κ1) is 21.1. The molecule has 0 saturated heterocycles. The molecule has 0 bridgehead atoms. The molecule has 0 aromatic carbocycles. The van der Waals surface area contributed by atoms with Crippen LogP contribution in [0.4, 0.5) is 0 Å². The van der Waals surface area contributed by atoms with Gasteiger partial charge in [0.05, 0.1) is 13.2 Å². The van der Waals surface area contributed by atoms with E-state index < -0.39 is 6.10 Å². The van der Waals surface area contributed by atoms with Gasteiger partial charge in [-0.25, -0.2) is 0 Å². The summed E-state index contributed by atoms with van der Waals surface area (Å²) in [6.45, 7) is 4.91. The van der Waals surface area contributed by atoms with Crippen LogP contribution in [0.25, 0.3) is 0 Å². The van der Waals surface area contributed by atoms with Crippen molar-refractivity contribution in [2.45, 2.75) is 71.3 Å². The van der Waals surface area contributed by atoms with E-state index >= 15 is 0 Å². The Hall–Kier alpha value is -0.160. The van der Waals surface area contributed by atoms with Crippen molar-refractivity contribution < 1.29 is 20.1 Å². The lowest BCUT2D eigenvalue weighted by Gasteiger charge is -2.07. The largest absolute Gasteiger partial charge is 0.397 e. The van der Waals surface area contributed by atoms with Crippen LogP contribution in [0.3, 0.4) is 0 Å². The third-order valence-electron chi connectivity index (χ3n) is 2.66. The first-order valence-corrected chi connectivity index (χ1v) is 7.70. The predicted octanol–water partition coefficient (Wildman–Crippen LogP) is 2.50. The lowest BCUT2D eigenvalue weighted by Crippen LogP contribution is -2.19. The van der Waals surface area contributed by atoms with Crippen molar-refractivity contribution >= 4 is 0 Å². The highest BCUT2D eigenvalue weighted by Crippen LogP contribution is 2.08. The third-order valence-corrected chi connectivity index (χ3v) is 2.66. The summed E-state index contributed by atoms with van der Waals surface area (Å²) in [5.41, 5.74) is 0. The maximum atomic E-state index is 9.01. The van der Waals surface area contributed by atoms with Crippen LogP contribution in [0, 0.1) is 0 Å². The molecule has 1 unspecified atom stereocenters. The standard InChI is InChI=1S/C13H28O3.C2H6O/c1-2-3-4-5-6-7-8-9-10-16-12-13(15)11-14;1-2-3/h13-15H,2-12H2,1H3;3H,2H2,1H3. The van der Waals surface area contributed by atoms with Gasteiger partial charge >= 0.3 is 0 Å². The quantitative estimate of drug-likeness (QED) is 0.480.